The zero-order valence-corrected chi connectivity index (χ0v) is 19.0. The van der Waals surface area contributed by atoms with Gasteiger partial charge in [-0.2, -0.15) is 0 Å². The molecular weight excluding hydrogens is 435 g/mol. The maximum absolute atomic E-state index is 12.0. The van der Waals surface area contributed by atoms with Gasteiger partial charge in [-0.05, 0) is 38.8 Å². The van der Waals surface area contributed by atoms with Crippen molar-refractivity contribution in [1.29, 1.82) is 0 Å². The van der Waals surface area contributed by atoms with E-state index >= 15 is 0 Å². The number of hydrogen-bond donors (Lipinski definition) is 2. The second-order valence-electron chi connectivity index (χ2n) is 6.23. The minimum Gasteiger partial charge on any atom is -0.355 e. The van der Waals surface area contributed by atoms with Crippen LogP contribution in [0.1, 0.15) is 52.9 Å². The van der Waals surface area contributed by atoms with E-state index in [-0.39, 0.29) is 24.0 Å². The minimum atomic E-state index is -0.673. The molecule has 0 aromatic carbocycles. The van der Waals surface area contributed by atoms with E-state index in [2.05, 4.69) is 34.4 Å². The topological polar surface area (TPSA) is 56.7 Å². The van der Waals surface area contributed by atoms with E-state index in [9.17, 15) is 4.21 Å². The van der Waals surface area contributed by atoms with Gasteiger partial charge in [-0.25, -0.2) is 0 Å². The molecule has 3 atom stereocenters. The van der Waals surface area contributed by atoms with E-state index in [0.29, 0.717) is 11.3 Å². The van der Waals surface area contributed by atoms with Gasteiger partial charge in [0.25, 0.3) is 0 Å². The SMILES string of the molecule is CCCN(CC)CCNC(=NC)NC1CCCC(S(=O)CC)C1.I. The average molecular weight is 472 g/mol. The van der Waals surface area contributed by atoms with Gasteiger partial charge in [0, 0.05) is 48.0 Å². The van der Waals surface area contributed by atoms with E-state index in [1.807, 2.05) is 14.0 Å². The molecule has 0 amide bonds. The van der Waals surface area contributed by atoms with Gasteiger partial charge in [0.05, 0.1) is 0 Å². The van der Waals surface area contributed by atoms with Crippen LogP contribution in [0.25, 0.3) is 0 Å². The fraction of sp³-hybridized carbons (Fsp3) is 0.941. The first-order valence-corrected chi connectivity index (χ1v) is 10.6. The molecule has 0 bridgehead atoms. The zero-order valence-electron chi connectivity index (χ0n) is 15.8. The summed E-state index contributed by atoms with van der Waals surface area (Å²) < 4.78 is 12.0. The molecule has 0 saturated heterocycles. The molecule has 1 fully saturated rings. The molecular formula is C17H37IN4OS. The zero-order chi connectivity index (χ0) is 17.1. The summed E-state index contributed by atoms with van der Waals surface area (Å²) >= 11 is 0. The summed E-state index contributed by atoms with van der Waals surface area (Å²) in [7, 11) is 1.15. The molecule has 1 aliphatic rings. The maximum atomic E-state index is 12.0. The van der Waals surface area contributed by atoms with E-state index in [0.717, 1.165) is 63.6 Å². The van der Waals surface area contributed by atoms with Crippen molar-refractivity contribution in [3.05, 3.63) is 0 Å². The number of likely N-dealkylation sites (N-methyl/N-ethyl adjacent to an activating group) is 1. The summed E-state index contributed by atoms with van der Waals surface area (Å²) in [4.78, 5) is 6.79. The first-order chi connectivity index (χ1) is 11.1. The van der Waals surface area contributed by atoms with Gasteiger partial charge in [-0.1, -0.05) is 27.2 Å². The molecule has 0 heterocycles. The quantitative estimate of drug-likeness (QED) is 0.308. The second kappa shape index (κ2) is 14.3. The van der Waals surface area contributed by atoms with Crippen LogP contribution in [0.5, 0.6) is 0 Å². The van der Waals surface area contributed by atoms with Crippen LogP contribution in [0.2, 0.25) is 0 Å². The van der Waals surface area contributed by atoms with Crippen LogP contribution in [0, 0.1) is 0 Å². The van der Waals surface area contributed by atoms with Crippen molar-refractivity contribution in [1.82, 2.24) is 15.5 Å². The summed E-state index contributed by atoms with van der Waals surface area (Å²) in [5.74, 6) is 1.65. The minimum absolute atomic E-state index is 0. The smallest absolute Gasteiger partial charge is 0.191 e. The monoisotopic (exact) mass is 472 g/mol. The van der Waals surface area contributed by atoms with Crippen molar-refractivity contribution in [2.45, 2.75) is 64.2 Å². The summed E-state index contributed by atoms with van der Waals surface area (Å²) in [5, 5.41) is 7.29. The van der Waals surface area contributed by atoms with Gasteiger partial charge in [-0.15, -0.1) is 24.0 Å². The summed E-state index contributed by atoms with van der Waals surface area (Å²) in [6, 6.07) is 0.397. The Kier molecular flexibility index (Phi) is 14.4. The Hall–Kier alpha value is 0.110. The largest absolute Gasteiger partial charge is 0.355 e. The third-order valence-corrected chi connectivity index (χ3v) is 6.30. The van der Waals surface area contributed by atoms with Crippen molar-refractivity contribution >= 4 is 40.7 Å². The highest BCUT2D eigenvalue weighted by atomic mass is 127. The highest BCUT2D eigenvalue weighted by Gasteiger charge is 2.25. The second-order valence-corrected chi connectivity index (χ2v) is 8.24. The van der Waals surface area contributed by atoms with E-state index in [1.54, 1.807) is 0 Å². The number of rotatable bonds is 9. The van der Waals surface area contributed by atoms with Crippen molar-refractivity contribution in [2.24, 2.45) is 4.99 Å². The molecule has 3 unspecified atom stereocenters. The molecule has 1 aliphatic carbocycles. The Morgan fingerprint density at radius 3 is 2.58 bits per heavy atom. The fourth-order valence-electron chi connectivity index (χ4n) is 3.22. The highest BCUT2D eigenvalue weighted by molar-refractivity contribution is 14.0. The van der Waals surface area contributed by atoms with Crippen molar-refractivity contribution in [2.75, 3.05) is 39.0 Å². The lowest BCUT2D eigenvalue weighted by Crippen LogP contribution is -2.48. The molecule has 0 radical (unpaired) electrons. The number of aliphatic imine (C=N–C) groups is 1. The lowest BCUT2D eigenvalue weighted by Gasteiger charge is -2.30. The van der Waals surface area contributed by atoms with Gasteiger partial charge in [0.15, 0.2) is 5.96 Å². The lowest BCUT2D eigenvalue weighted by molar-refractivity contribution is 0.292. The van der Waals surface area contributed by atoms with Crippen LogP contribution in [0.4, 0.5) is 0 Å². The number of nitrogens with zero attached hydrogens (tertiary/aromatic N) is 2. The number of hydrogen-bond acceptors (Lipinski definition) is 3. The molecule has 5 nitrogen and oxygen atoms in total. The molecule has 0 spiro atoms. The molecule has 2 N–H and O–H groups in total. The van der Waals surface area contributed by atoms with Gasteiger partial charge in [0.2, 0.25) is 0 Å². The molecule has 0 aromatic rings. The van der Waals surface area contributed by atoms with Crippen LogP contribution in [-0.4, -0.2) is 65.3 Å². The number of nitrogens with one attached hydrogen (secondary N) is 2. The molecule has 1 saturated carbocycles. The van der Waals surface area contributed by atoms with Crippen LogP contribution in [0.3, 0.4) is 0 Å². The Morgan fingerprint density at radius 1 is 1.25 bits per heavy atom. The number of guanidine groups is 1. The van der Waals surface area contributed by atoms with Crippen LogP contribution < -0.4 is 10.6 Å². The van der Waals surface area contributed by atoms with E-state index in [4.69, 9.17) is 0 Å². The molecule has 24 heavy (non-hydrogen) atoms. The Bertz CT molecular complexity index is 382. The standard InChI is InChI=1S/C17H36N4OS.HI/c1-5-12-21(6-2)13-11-19-17(18-4)20-15-9-8-10-16(14-15)23(22)7-3;/h15-16H,5-14H2,1-4H3,(H2,18,19,20);1H. The van der Waals surface area contributed by atoms with Gasteiger partial charge < -0.3 is 15.5 Å². The average Bonchev–Trinajstić information content (AvgIpc) is 2.59. The number of halogens is 1. The predicted molar refractivity (Wildman–Crippen MR) is 117 cm³/mol. The van der Waals surface area contributed by atoms with Gasteiger partial charge >= 0.3 is 0 Å². The van der Waals surface area contributed by atoms with Gasteiger partial charge in [-0.3, -0.25) is 9.20 Å². The summed E-state index contributed by atoms with van der Waals surface area (Å²) in [6.45, 7) is 10.6. The third kappa shape index (κ3) is 8.99. The Balaban J connectivity index is 0.00000529. The first kappa shape index (κ1) is 24.1. The van der Waals surface area contributed by atoms with Crippen molar-refractivity contribution < 1.29 is 4.21 Å². The predicted octanol–water partition coefficient (Wildman–Crippen LogP) is 2.58. The highest BCUT2D eigenvalue weighted by Crippen LogP contribution is 2.22. The molecule has 1 rings (SSSR count). The Labute approximate surface area is 168 Å². The summed E-state index contributed by atoms with van der Waals surface area (Å²) in [5.41, 5.74) is 0. The Morgan fingerprint density at radius 2 is 2.00 bits per heavy atom. The van der Waals surface area contributed by atoms with Crippen LogP contribution in [-0.2, 0) is 10.8 Å². The molecule has 0 aromatic heterocycles. The third-order valence-electron chi connectivity index (χ3n) is 4.55. The fourth-order valence-corrected chi connectivity index (χ4v) is 4.56. The van der Waals surface area contributed by atoms with Crippen LogP contribution in [0.15, 0.2) is 4.99 Å². The van der Waals surface area contributed by atoms with E-state index < -0.39 is 10.8 Å². The van der Waals surface area contributed by atoms with Gasteiger partial charge in [0.1, 0.15) is 0 Å². The molecule has 7 heteroatoms. The van der Waals surface area contributed by atoms with Crippen LogP contribution >= 0.6 is 24.0 Å². The van der Waals surface area contributed by atoms with E-state index in [1.165, 1.54) is 6.42 Å². The maximum Gasteiger partial charge on any atom is 0.191 e. The molecule has 0 aliphatic heterocycles. The summed E-state index contributed by atoms with van der Waals surface area (Å²) in [6.07, 6.45) is 5.60. The van der Waals surface area contributed by atoms with Crippen molar-refractivity contribution in [3.63, 3.8) is 0 Å². The lowest BCUT2D eigenvalue weighted by atomic mass is 9.95. The molecule has 144 valence electrons. The normalized spacial score (nSPS) is 22.8. The van der Waals surface area contributed by atoms with Crippen molar-refractivity contribution in [3.8, 4) is 0 Å². The first-order valence-electron chi connectivity index (χ1n) is 9.21.